The predicted molar refractivity (Wildman–Crippen MR) is 27.4 cm³/mol. The zero-order chi connectivity index (χ0) is 5.11. The summed E-state index contributed by atoms with van der Waals surface area (Å²) in [5, 5.41) is 0. The molecule has 1 heterocycles. The molecule has 1 saturated heterocycles. The Morgan fingerprint density at radius 1 is 1.29 bits per heavy atom. The summed E-state index contributed by atoms with van der Waals surface area (Å²) in [6.07, 6.45) is 0. The van der Waals surface area contributed by atoms with Crippen LogP contribution >= 0.6 is 7.92 Å². The van der Waals surface area contributed by atoms with Crippen LogP contribution in [0.4, 0.5) is 0 Å². The van der Waals surface area contributed by atoms with E-state index in [1.54, 1.807) is 10.8 Å². The van der Waals surface area contributed by atoms with Crippen LogP contribution in [0.3, 0.4) is 0 Å². The van der Waals surface area contributed by atoms with Gasteiger partial charge in [0.1, 0.15) is 0 Å². The molecule has 0 aliphatic carbocycles. The van der Waals surface area contributed by atoms with Gasteiger partial charge in [-0.15, -0.1) is 0 Å². The fraction of sp³-hybridized carbons (Fsp3) is 1.00. The van der Waals surface area contributed by atoms with E-state index in [-0.39, 0.29) is 0 Å². The van der Waals surface area contributed by atoms with Crippen molar-refractivity contribution in [2.45, 2.75) is 0 Å². The van der Waals surface area contributed by atoms with Gasteiger partial charge in [-0.05, 0) is 0 Å². The minimum absolute atomic E-state index is 0.606. The van der Waals surface area contributed by atoms with Crippen molar-refractivity contribution in [2.75, 3.05) is 17.4 Å². The molecule has 0 amide bonds. The molecular weight excluding hydrogens is 333 g/mol. The van der Waals surface area contributed by atoms with E-state index in [0.717, 1.165) is 42.4 Å². The Hall–Kier alpha value is 1.89. The van der Waals surface area contributed by atoms with Gasteiger partial charge in [0.15, 0.2) is 0 Å². The normalized spacial score (nSPS) is 27.6. The first-order chi connectivity index (χ1) is 3.39. The van der Waals surface area contributed by atoms with Crippen molar-refractivity contribution in [3.63, 3.8) is 0 Å². The fourth-order valence-electron chi connectivity index (χ4n) is 0.435. The molecule has 0 unspecified atom stereocenters. The van der Waals surface area contributed by atoms with Crippen molar-refractivity contribution < 1.29 is 42.4 Å². The van der Waals surface area contributed by atoms with Gasteiger partial charge in [-0.3, -0.25) is 0 Å². The van der Waals surface area contributed by atoms with Gasteiger partial charge in [0, 0.05) is 0 Å². The molecule has 1 fully saturated rings. The Balaban J connectivity index is 2.12. The van der Waals surface area contributed by atoms with Crippen LogP contribution in [-0.2, 0) is 0 Å². The molecule has 1 aliphatic rings. The molecule has 0 atom stereocenters. The quantitative estimate of drug-likeness (QED) is 0.236. The van der Waals surface area contributed by atoms with Crippen molar-refractivity contribution >= 4 is 7.92 Å². The van der Waals surface area contributed by atoms with E-state index in [9.17, 15) is 0 Å². The van der Waals surface area contributed by atoms with Crippen LogP contribution < -0.4 is 42.4 Å². The van der Waals surface area contributed by atoms with E-state index < -0.39 is 0 Å². The summed E-state index contributed by atoms with van der Waals surface area (Å²) >= 11 is 1.50. The van der Waals surface area contributed by atoms with Gasteiger partial charge in [-0.1, -0.05) is 0 Å². The summed E-state index contributed by atoms with van der Waals surface area (Å²) in [4.78, 5) is 0. The molecule has 1 aliphatic heterocycles. The van der Waals surface area contributed by atoms with E-state index >= 15 is 0 Å². The third-order valence-corrected chi connectivity index (χ3v) is 18.0. The molecule has 46 valence electrons. The van der Waals surface area contributed by atoms with E-state index in [1.165, 1.54) is 0 Å². The zero-order valence-corrected chi connectivity index (χ0v) is 9.53. The third kappa shape index (κ3) is 2.80. The second kappa shape index (κ2) is 3.83. The fourth-order valence-corrected chi connectivity index (χ4v) is 21.0. The Kier molecular flexibility index (Phi) is 3.83. The molecule has 0 aromatic rings. The number of hydrogen-bond donors (Lipinski definition) is 0. The van der Waals surface area contributed by atoms with Gasteiger partial charge >= 0.3 is 67.8 Å². The maximum atomic E-state index is 2.48. The van der Waals surface area contributed by atoms with Gasteiger partial charge in [-0.25, -0.2) is 0 Å². The van der Waals surface area contributed by atoms with Crippen LogP contribution in [0.2, 0.25) is 0 Å². The monoisotopic (exact) mass is 342 g/mol. The minimum atomic E-state index is 0.606. The predicted octanol–water partition coefficient (Wildman–Crippen LogP) is -4.84. The average molecular weight is 342 g/mol. The van der Waals surface area contributed by atoms with Crippen LogP contribution in [-0.4, -0.2) is 17.4 Å². The first-order valence-electron chi connectivity index (χ1n) is 2.15. The van der Waals surface area contributed by atoms with Crippen molar-refractivity contribution in [2.24, 2.45) is 0 Å². The molecule has 0 aromatic heterocycles. The SMILES string of the molecule is CP1C[I-]C[I-]C1. The molecule has 7 heavy (non-hydrogen) atoms. The average Bonchev–Trinajstić information content (AvgIpc) is 1.69. The Bertz CT molecular complexity index is 51.7. The molecule has 3 heteroatoms. The Morgan fingerprint density at radius 3 is 2.14 bits per heavy atom. The molecule has 0 bridgehead atoms. The van der Waals surface area contributed by atoms with Crippen molar-refractivity contribution in [1.82, 2.24) is 0 Å². The number of rotatable bonds is 0. The van der Waals surface area contributed by atoms with E-state index in [0.29, 0.717) is 7.92 Å². The molecule has 0 aromatic carbocycles. The standard InChI is InChI=1S/C4H9I2P/c1-7-3-5-2-6-4-7/h2-4H2,1H3/q-2. The summed E-state index contributed by atoms with van der Waals surface area (Å²) in [6, 6.07) is 0. The van der Waals surface area contributed by atoms with E-state index in [1.807, 2.05) is 0 Å². The van der Waals surface area contributed by atoms with Crippen LogP contribution in [0.15, 0.2) is 0 Å². The van der Waals surface area contributed by atoms with Crippen molar-refractivity contribution in [3.8, 4) is 0 Å². The number of halogens is 2. The van der Waals surface area contributed by atoms with Gasteiger partial charge in [-0.2, -0.15) is 0 Å². The van der Waals surface area contributed by atoms with Crippen molar-refractivity contribution in [1.29, 1.82) is 0 Å². The van der Waals surface area contributed by atoms with E-state index in [2.05, 4.69) is 6.66 Å². The van der Waals surface area contributed by atoms with Gasteiger partial charge in [0.2, 0.25) is 0 Å². The summed E-state index contributed by atoms with van der Waals surface area (Å²) in [7, 11) is 0.606. The topological polar surface area (TPSA) is 0 Å². The summed E-state index contributed by atoms with van der Waals surface area (Å²) < 4.78 is 5.10. The third-order valence-electron chi connectivity index (χ3n) is 0.720. The molecule has 0 nitrogen and oxygen atoms in total. The molecule has 0 saturated carbocycles. The molecule has 1 rings (SSSR count). The molecular formula is C4H9I2P-2. The molecule has 0 radical (unpaired) electrons. The van der Waals surface area contributed by atoms with Crippen LogP contribution in [0.1, 0.15) is 0 Å². The first-order valence-corrected chi connectivity index (χ1v) is 10.4. The number of hydrogen-bond acceptors (Lipinski definition) is 0. The first kappa shape index (κ1) is 7.00. The Labute approximate surface area is 67.1 Å². The Morgan fingerprint density at radius 2 is 1.86 bits per heavy atom. The van der Waals surface area contributed by atoms with Gasteiger partial charge in [0.25, 0.3) is 0 Å². The molecule has 0 spiro atoms. The summed E-state index contributed by atoms with van der Waals surface area (Å²) in [5.74, 6) is 0. The maximum absolute atomic E-state index is 2.48. The second-order valence-corrected chi connectivity index (χ2v) is 14.5. The second-order valence-electron chi connectivity index (χ2n) is 1.57. The van der Waals surface area contributed by atoms with Gasteiger partial charge in [0.05, 0.1) is 0 Å². The van der Waals surface area contributed by atoms with Crippen LogP contribution in [0.5, 0.6) is 0 Å². The zero-order valence-electron chi connectivity index (χ0n) is 4.32. The summed E-state index contributed by atoms with van der Waals surface area (Å²) in [5.41, 5.74) is 0. The number of alkyl halides is 4. The van der Waals surface area contributed by atoms with Gasteiger partial charge < -0.3 is 0 Å². The van der Waals surface area contributed by atoms with Crippen molar-refractivity contribution in [3.05, 3.63) is 0 Å². The van der Waals surface area contributed by atoms with E-state index in [4.69, 9.17) is 0 Å². The molecule has 0 N–H and O–H groups in total. The summed E-state index contributed by atoms with van der Waals surface area (Å²) in [6.45, 7) is 2.48. The van der Waals surface area contributed by atoms with Crippen LogP contribution in [0.25, 0.3) is 0 Å². The van der Waals surface area contributed by atoms with Crippen LogP contribution in [0, 0.1) is 0 Å².